The predicted molar refractivity (Wildman–Crippen MR) is 137 cm³/mol. The molecule has 3 aromatic rings. The molecule has 0 radical (unpaired) electrons. The molecule has 7 atom stereocenters. The van der Waals surface area contributed by atoms with Gasteiger partial charge in [0.25, 0.3) is 0 Å². The fourth-order valence-corrected chi connectivity index (χ4v) is 5.73. The van der Waals surface area contributed by atoms with E-state index >= 15 is 0 Å². The summed E-state index contributed by atoms with van der Waals surface area (Å²) >= 11 is 0. The normalized spacial score (nSPS) is 28.8. The van der Waals surface area contributed by atoms with Crippen molar-refractivity contribution in [3.63, 3.8) is 0 Å². The molecule has 7 heteroatoms. The molecule has 0 aliphatic carbocycles. The average Bonchev–Trinajstić information content (AvgIpc) is 2.95. The lowest BCUT2D eigenvalue weighted by atomic mass is 9.98. The predicted octanol–water partition coefficient (Wildman–Crippen LogP) is 4.76. The van der Waals surface area contributed by atoms with Crippen molar-refractivity contribution in [1.82, 2.24) is 0 Å². The maximum Gasteiger partial charge on any atom is 0.184 e. The maximum absolute atomic E-state index is 13.1. The Bertz CT molecular complexity index is 1100. The number of ether oxygens (including phenoxy) is 5. The van der Waals surface area contributed by atoms with Crippen molar-refractivity contribution in [3.05, 3.63) is 108 Å². The van der Waals surface area contributed by atoms with Gasteiger partial charge in [0.05, 0.1) is 30.6 Å². The van der Waals surface area contributed by atoms with Crippen LogP contribution in [0.4, 0.5) is 0 Å². The zero-order valence-electron chi connectivity index (χ0n) is 20.3. The summed E-state index contributed by atoms with van der Waals surface area (Å²) in [5.41, 5.74) is 2.35. The highest BCUT2D eigenvalue weighted by Gasteiger charge is 2.52. The second-order valence-corrected chi connectivity index (χ2v) is 10.7. The third kappa shape index (κ3) is 5.94. The molecule has 0 N–H and O–H groups in total. The van der Waals surface area contributed by atoms with Crippen molar-refractivity contribution < 1.29 is 27.9 Å². The molecule has 0 spiro atoms. The van der Waals surface area contributed by atoms with Crippen molar-refractivity contribution >= 4 is 10.8 Å². The Balaban J connectivity index is 1.43. The summed E-state index contributed by atoms with van der Waals surface area (Å²) in [4.78, 5) is 0. The van der Waals surface area contributed by atoms with Crippen molar-refractivity contribution in [2.75, 3.05) is 12.4 Å². The van der Waals surface area contributed by atoms with Crippen LogP contribution in [0.15, 0.2) is 91.0 Å². The van der Waals surface area contributed by atoms with Crippen LogP contribution in [-0.4, -0.2) is 46.4 Å². The van der Waals surface area contributed by atoms with Gasteiger partial charge in [-0.25, -0.2) is 0 Å². The summed E-state index contributed by atoms with van der Waals surface area (Å²) < 4.78 is 45.0. The van der Waals surface area contributed by atoms with Gasteiger partial charge in [0, 0.05) is 11.3 Å². The minimum atomic E-state index is -1.27. The molecule has 0 amide bonds. The molecule has 2 fully saturated rings. The van der Waals surface area contributed by atoms with Crippen molar-refractivity contribution in [1.29, 1.82) is 0 Å². The molecule has 2 heterocycles. The Morgan fingerprint density at radius 2 is 1.33 bits per heavy atom. The van der Waals surface area contributed by atoms with E-state index < -0.39 is 46.9 Å². The minimum absolute atomic E-state index is 0.318. The molecular formula is C29H32O6S. The molecule has 190 valence electrons. The van der Waals surface area contributed by atoms with Gasteiger partial charge in [-0.1, -0.05) is 97.9 Å². The number of benzene rings is 3. The van der Waals surface area contributed by atoms with E-state index in [1.807, 2.05) is 97.9 Å². The Labute approximate surface area is 214 Å². The van der Waals surface area contributed by atoms with E-state index in [1.165, 1.54) is 0 Å². The molecule has 36 heavy (non-hydrogen) atoms. The topological polar surface area (TPSA) is 63.2 Å². The Kier molecular flexibility index (Phi) is 8.59. The van der Waals surface area contributed by atoms with Crippen LogP contribution in [0.3, 0.4) is 0 Å². The molecule has 2 saturated heterocycles. The first-order valence-corrected chi connectivity index (χ1v) is 13.8. The van der Waals surface area contributed by atoms with E-state index in [1.54, 1.807) is 0 Å². The second-order valence-electron chi connectivity index (χ2n) is 8.91. The monoisotopic (exact) mass is 508 g/mol. The smallest absolute Gasteiger partial charge is 0.184 e. The van der Waals surface area contributed by atoms with Gasteiger partial charge in [-0.2, -0.15) is 0 Å². The van der Waals surface area contributed by atoms with Crippen LogP contribution >= 0.6 is 0 Å². The third-order valence-electron chi connectivity index (χ3n) is 6.47. The van der Waals surface area contributed by atoms with Crippen molar-refractivity contribution in [2.45, 2.75) is 56.3 Å². The van der Waals surface area contributed by atoms with Gasteiger partial charge in [0.2, 0.25) is 0 Å². The van der Waals surface area contributed by atoms with E-state index in [2.05, 4.69) is 0 Å². The van der Waals surface area contributed by atoms with Crippen LogP contribution in [0.25, 0.3) is 0 Å². The summed E-state index contributed by atoms with van der Waals surface area (Å²) in [6, 6.07) is 29.8. The van der Waals surface area contributed by atoms with Gasteiger partial charge in [0.15, 0.2) is 11.7 Å². The van der Waals surface area contributed by atoms with Crippen molar-refractivity contribution in [3.8, 4) is 0 Å². The lowest BCUT2D eigenvalue weighted by Crippen LogP contribution is -2.64. The molecular weight excluding hydrogens is 476 g/mol. The lowest BCUT2D eigenvalue weighted by molar-refractivity contribution is -0.330. The lowest BCUT2D eigenvalue weighted by Gasteiger charge is -2.49. The van der Waals surface area contributed by atoms with Crippen LogP contribution in [-0.2, 0) is 47.7 Å². The molecule has 0 saturated carbocycles. The SMILES string of the molecule is CC[S@@](=O)[C@H]1O[C@@H]2CO[C@H](c3ccccc3)O[C@H]2[C@H](OCc2ccccc2)[C@@H]1OCc1ccccc1. The highest BCUT2D eigenvalue weighted by molar-refractivity contribution is 7.85. The molecule has 2 aliphatic rings. The summed E-state index contributed by atoms with van der Waals surface area (Å²) in [5, 5.41) is 0. The molecule has 0 bridgehead atoms. The highest BCUT2D eigenvalue weighted by Crippen LogP contribution is 2.37. The van der Waals surface area contributed by atoms with Crippen LogP contribution in [0.2, 0.25) is 0 Å². The van der Waals surface area contributed by atoms with Gasteiger partial charge in [-0.3, -0.25) is 4.21 Å². The van der Waals surface area contributed by atoms with Crippen LogP contribution in [0, 0.1) is 0 Å². The number of rotatable bonds is 9. The molecule has 2 aliphatic heterocycles. The summed E-state index contributed by atoms with van der Waals surface area (Å²) in [5.74, 6) is 0.451. The third-order valence-corrected chi connectivity index (χ3v) is 7.94. The van der Waals surface area contributed by atoms with Crippen molar-refractivity contribution in [2.24, 2.45) is 0 Å². The minimum Gasteiger partial charge on any atom is -0.368 e. The van der Waals surface area contributed by atoms with Gasteiger partial charge in [0.1, 0.15) is 24.4 Å². The second kappa shape index (κ2) is 12.2. The first-order valence-electron chi connectivity index (χ1n) is 12.4. The zero-order valence-corrected chi connectivity index (χ0v) is 21.1. The largest absolute Gasteiger partial charge is 0.368 e. The van der Waals surface area contributed by atoms with Crippen LogP contribution in [0.1, 0.15) is 29.9 Å². The van der Waals surface area contributed by atoms with E-state index in [-0.39, 0.29) is 0 Å². The summed E-state index contributed by atoms with van der Waals surface area (Å²) in [6.45, 7) is 2.94. The highest BCUT2D eigenvalue weighted by atomic mass is 32.2. The first kappa shape index (κ1) is 25.3. The maximum atomic E-state index is 13.1. The fraction of sp³-hybridized carbons (Fsp3) is 0.379. The molecule has 3 aromatic carbocycles. The molecule has 5 rings (SSSR count). The van der Waals surface area contributed by atoms with Crippen LogP contribution in [0.5, 0.6) is 0 Å². The molecule has 0 aromatic heterocycles. The summed E-state index contributed by atoms with van der Waals surface area (Å²) in [7, 11) is -1.27. The average molecular weight is 509 g/mol. The Hall–Kier alpha value is -2.39. The number of fused-ring (bicyclic) bond motifs is 1. The van der Waals surface area contributed by atoms with Gasteiger partial charge in [-0.15, -0.1) is 0 Å². The number of hydrogen-bond acceptors (Lipinski definition) is 6. The Morgan fingerprint density at radius 3 is 1.92 bits per heavy atom. The van der Waals surface area contributed by atoms with E-state index in [0.717, 1.165) is 16.7 Å². The zero-order chi connectivity index (χ0) is 24.7. The first-order chi connectivity index (χ1) is 17.7. The summed E-state index contributed by atoms with van der Waals surface area (Å²) in [6.07, 6.45) is -2.48. The van der Waals surface area contributed by atoms with E-state index in [0.29, 0.717) is 25.6 Å². The Morgan fingerprint density at radius 1 is 0.778 bits per heavy atom. The quantitative estimate of drug-likeness (QED) is 0.415. The molecule has 0 unspecified atom stereocenters. The standard InChI is InChI=1S/C29H32O6S/c1-2-36(30)29-27(32-19-22-14-8-4-9-15-22)26(31-18-21-12-6-3-7-13-21)25-24(34-29)20-33-28(35-25)23-16-10-5-11-17-23/h3-17,24-29H,2,18-20H2,1H3/t24-,25-,26+,27+,28+,29-,36-/m1/s1. The van der Waals surface area contributed by atoms with Gasteiger partial charge >= 0.3 is 0 Å². The van der Waals surface area contributed by atoms with E-state index in [9.17, 15) is 4.21 Å². The van der Waals surface area contributed by atoms with Gasteiger partial charge < -0.3 is 23.7 Å². The van der Waals surface area contributed by atoms with E-state index in [4.69, 9.17) is 23.7 Å². The molecule has 6 nitrogen and oxygen atoms in total. The van der Waals surface area contributed by atoms with Crippen LogP contribution < -0.4 is 0 Å². The van der Waals surface area contributed by atoms with Gasteiger partial charge in [-0.05, 0) is 11.1 Å². The fourth-order valence-electron chi connectivity index (χ4n) is 4.60. The number of hydrogen-bond donors (Lipinski definition) is 0.